The topological polar surface area (TPSA) is 26.5 Å². The van der Waals surface area contributed by atoms with E-state index in [9.17, 15) is 0 Å². The van der Waals surface area contributed by atoms with Crippen molar-refractivity contribution < 1.29 is 4.74 Å². The Morgan fingerprint density at radius 1 is 1.00 bits per heavy atom. The summed E-state index contributed by atoms with van der Waals surface area (Å²) in [5, 5.41) is 0.726. The molecule has 0 spiro atoms. The van der Waals surface area contributed by atoms with E-state index in [4.69, 9.17) is 21.3 Å². The number of rotatable bonds is 4. The molecular formula is C20H15ClN2OSe. The molecule has 25 heavy (non-hydrogen) atoms. The fraction of sp³-hybridized carbons (Fsp3) is 0.0500. The number of hydrogen-bond acceptors (Lipinski definition) is 2. The first kappa shape index (κ1) is 16.2. The summed E-state index contributed by atoms with van der Waals surface area (Å²) in [6.45, 7) is 0. The van der Waals surface area contributed by atoms with Crippen LogP contribution >= 0.6 is 11.6 Å². The second-order valence-electron chi connectivity index (χ2n) is 5.48. The van der Waals surface area contributed by atoms with E-state index < -0.39 is 0 Å². The van der Waals surface area contributed by atoms with Crippen molar-refractivity contribution in [3.05, 3.63) is 77.9 Å². The van der Waals surface area contributed by atoms with Crippen molar-refractivity contribution >= 4 is 41.3 Å². The zero-order chi connectivity index (χ0) is 17.2. The van der Waals surface area contributed by atoms with Gasteiger partial charge in [-0.1, -0.05) is 0 Å². The van der Waals surface area contributed by atoms with Crippen LogP contribution in [0, 0.1) is 0 Å². The van der Waals surface area contributed by atoms with Crippen LogP contribution < -0.4 is 13.8 Å². The summed E-state index contributed by atoms with van der Waals surface area (Å²) in [6.07, 6.45) is 2.03. The number of benzene rings is 2. The Labute approximate surface area is 157 Å². The van der Waals surface area contributed by atoms with Crippen molar-refractivity contribution in [2.24, 2.45) is 0 Å². The van der Waals surface area contributed by atoms with Crippen LogP contribution in [0.25, 0.3) is 16.9 Å². The molecule has 0 aliphatic rings. The van der Waals surface area contributed by atoms with Crippen molar-refractivity contribution in [1.29, 1.82) is 0 Å². The maximum atomic E-state index is 6.05. The van der Waals surface area contributed by atoms with Crippen molar-refractivity contribution in [2.75, 3.05) is 7.11 Å². The van der Waals surface area contributed by atoms with Gasteiger partial charge in [-0.2, -0.15) is 0 Å². The quantitative estimate of drug-likeness (QED) is 0.480. The average Bonchev–Trinajstić information content (AvgIpc) is 3.01. The van der Waals surface area contributed by atoms with Crippen molar-refractivity contribution in [2.45, 2.75) is 0 Å². The number of aromatic nitrogens is 2. The van der Waals surface area contributed by atoms with Crippen LogP contribution in [0.4, 0.5) is 0 Å². The second-order valence-corrected chi connectivity index (χ2v) is 8.15. The van der Waals surface area contributed by atoms with E-state index in [1.165, 1.54) is 9.05 Å². The third-order valence-corrected chi connectivity index (χ3v) is 6.41. The Morgan fingerprint density at radius 2 is 1.76 bits per heavy atom. The van der Waals surface area contributed by atoms with E-state index in [2.05, 4.69) is 28.7 Å². The predicted molar refractivity (Wildman–Crippen MR) is 104 cm³/mol. The zero-order valence-corrected chi connectivity index (χ0v) is 16.0. The molecule has 124 valence electrons. The van der Waals surface area contributed by atoms with E-state index >= 15 is 0 Å². The van der Waals surface area contributed by atoms with Crippen LogP contribution in [0.5, 0.6) is 5.75 Å². The number of imidazole rings is 1. The van der Waals surface area contributed by atoms with E-state index in [0.29, 0.717) is 0 Å². The molecule has 5 heteroatoms. The molecule has 0 aliphatic heterocycles. The van der Waals surface area contributed by atoms with E-state index in [0.717, 1.165) is 27.7 Å². The molecule has 0 fully saturated rings. The van der Waals surface area contributed by atoms with Crippen LogP contribution in [0.1, 0.15) is 0 Å². The molecule has 0 radical (unpaired) electrons. The molecular weight excluding hydrogens is 399 g/mol. The van der Waals surface area contributed by atoms with Crippen molar-refractivity contribution in [3.8, 4) is 17.0 Å². The normalized spacial score (nSPS) is 11.0. The van der Waals surface area contributed by atoms with Crippen LogP contribution in [-0.4, -0.2) is 31.5 Å². The van der Waals surface area contributed by atoms with Gasteiger partial charge in [0.2, 0.25) is 0 Å². The van der Waals surface area contributed by atoms with Gasteiger partial charge in [0.05, 0.1) is 0 Å². The molecule has 4 aromatic rings. The predicted octanol–water partition coefficient (Wildman–Crippen LogP) is 3.32. The monoisotopic (exact) mass is 414 g/mol. The number of methoxy groups -OCH3 is 1. The summed E-state index contributed by atoms with van der Waals surface area (Å²) in [5.74, 6) is 0.805. The minimum atomic E-state index is 0.129. The summed E-state index contributed by atoms with van der Waals surface area (Å²) in [4.78, 5) is 4.87. The average molecular weight is 414 g/mol. The zero-order valence-electron chi connectivity index (χ0n) is 13.5. The summed E-state index contributed by atoms with van der Waals surface area (Å²) >= 11 is 6.18. The van der Waals surface area contributed by atoms with Gasteiger partial charge in [0.15, 0.2) is 0 Å². The standard InChI is InChI=1S/C20H15ClN2OSe/c1-24-16-11-12-23-18(13-16)22-19(14-7-9-15(21)10-8-14)20(23)25-17-5-3-2-4-6-17/h2-13H,1H3. The summed E-state index contributed by atoms with van der Waals surface area (Å²) in [5.41, 5.74) is 2.95. The Kier molecular flexibility index (Phi) is 4.49. The Bertz CT molecular complexity index is 1010. The van der Waals surface area contributed by atoms with Gasteiger partial charge in [0.25, 0.3) is 0 Å². The van der Waals surface area contributed by atoms with Gasteiger partial charge in [-0.25, -0.2) is 0 Å². The summed E-state index contributed by atoms with van der Waals surface area (Å²) in [7, 11) is 1.67. The molecule has 0 saturated carbocycles. The van der Waals surface area contributed by atoms with Gasteiger partial charge in [0, 0.05) is 0 Å². The van der Waals surface area contributed by atoms with Crippen LogP contribution in [0.2, 0.25) is 5.02 Å². The van der Waals surface area contributed by atoms with Gasteiger partial charge in [0.1, 0.15) is 0 Å². The third-order valence-electron chi connectivity index (χ3n) is 3.86. The molecule has 0 saturated heterocycles. The number of nitrogens with zero attached hydrogens (tertiary/aromatic N) is 2. The fourth-order valence-electron chi connectivity index (χ4n) is 2.62. The molecule has 0 bridgehead atoms. The molecule has 2 aromatic heterocycles. The number of halogens is 1. The van der Waals surface area contributed by atoms with Gasteiger partial charge in [-0.3, -0.25) is 0 Å². The SMILES string of the molecule is COc1ccn2c([Se]c3ccccc3)c(-c3ccc(Cl)cc3)nc2c1. The Hall–Kier alpha value is -2.26. The first-order valence-electron chi connectivity index (χ1n) is 7.79. The number of ether oxygens (including phenoxy) is 1. The van der Waals surface area contributed by atoms with Crippen molar-refractivity contribution in [3.63, 3.8) is 0 Å². The van der Waals surface area contributed by atoms with E-state index in [-0.39, 0.29) is 15.0 Å². The fourth-order valence-corrected chi connectivity index (χ4v) is 4.91. The van der Waals surface area contributed by atoms with Crippen LogP contribution in [0.3, 0.4) is 0 Å². The molecule has 2 aromatic carbocycles. The molecule has 0 amide bonds. The Morgan fingerprint density at radius 3 is 2.48 bits per heavy atom. The number of fused-ring (bicyclic) bond motifs is 1. The number of pyridine rings is 1. The molecule has 0 unspecified atom stereocenters. The molecule has 3 nitrogen and oxygen atoms in total. The van der Waals surface area contributed by atoms with Crippen molar-refractivity contribution in [1.82, 2.24) is 9.38 Å². The van der Waals surface area contributed by atoms with Gasteiger partial charge < -0.3 is 0 Å². The van der Waals surface area contributed by atoms with E-state index in [1.54, 1.807) is 7.11 Å². The molecule has 0 N–H and O–H groups in total. The molecule has 4 rings (SSSR count). The first-order valence-corrected chi connectivity index (χ1v) is 9.88. The van der Waals surface area contributed by atoms with Gasteiger partial charge in [-0.05, 0) is 0 Å². The molecule has 0 atom stereocenters. The Balaban J connectivity index is 1.90. The van der Waals surface area contributed by atoms with Gasteiger partial charge >= 0.3 is 157 Å². The number of hydrogen-bond donors (Lipinski definition) is 0. The molecule has 2 heterocycles. The first-order chi connectivity index (χ1) is 12.2. The van der Waals surface area contributed by atoms with Gasteiger partial charge in [-0.15, -0.1) is 0 Å². The summed E-state index contributed by atoms with van der Waals surface area (Å²) in [6, 6.07) is 22.3. The summed E-state index contributed by atoms with van der Waals surface area (Å²) < 4.78 is 10.0. The maximum absolute atomic E-state index is 6.05. The van der Waals surface area contributed by atoms with E-state index in [1.807, 2.05) is 48.7 Å². The second kappa shape index (κ2) is 6.93. The third kappa shape index (κ3) is 3.29. The van der Waals surface area contributed by atoms with Crippen LogP contribution in [0.15, 0.2) is 72.9 Å². The van der Waals surface area contributed by atoms with Crippen LogP contribution in [-0.2, 0) is 0 Å². The minimum absolute atomic E-state index is 0.129. The molecule has 0 aliphatic carbocycles.